The van der Waals surface area contributed by atoms with Crippen LogP contribution in [0.3, 0.4) is 0 Å². The van der Waals surface area contributed by atoms with Crippen molar-refractivity contribution in [3.05, 3.63) is 215 Å². The molecular formula is C59H61N3OS. The Labute approximate surface area is 386 Å². The first-order chi connectivity index (χ1) is 31.1. The third kappa shape index (κ3) is 8.58. The van der Waals surface area contributed by atoms with Crippen LogP contribution >= 0.6 is 11.8 Å². The highest BCUT2D eigenvalue weighted by molar-refractivity contribution is 7.98. The second-order valence-electron chi connectivity index (χ2n) is 17.4. The predicted molar refractivity (Wildman–Crippen MR) is 274 cm³/mol. The van der Waals surface area contributed by atoms with E-state index in [0.29, 0.717) is 5.89 Å². The van der Waals surface area contributed by atoms with Gasteiger partial charge in [-0.2, -0.15) is 0 Å². The maximum Gasteiger partial charge on any atom is 0.226 e. The second kappa shape index (κ2) is 19.3. The number of aromatic nitrogens is 1. The van der Waals surface area contributed by atoms with Gasteiger partial charge in [0.25, 0.3) is 0 Å². The molecule has 1 aromatic heterocycles. The Kier molecular flexibility index (Phi) is 13.4. The van der Waals surface area contributed by atoms with E-state index in [1.54, 1.807) is 24.2 Å². The first-order valence-corrected chi connectivity index (χ1v) is 24.1. The Bertz CT molecular complexity index is 2790. The Morgan fingerprint density at radius 2 is 1.73 bits per heavy atom. The molecule has 2 aliphatic heterocycles. The molecule has 5 aromatic rings. The number of rotatable bonds is 15. The SMILES string of the molecule is C=C/C(=C\C(=C)C1=CC=CCC1)c1cccc(-c2ccc(C(CC)(CCC)C(C)N3C(c4ccc(SC)cc4C)=CC=C4N=C(c5c(C)cccc5C)C=CC43)c(-c3ncco3)c2)c1. The van der Waals surface area contributed by atoms with Crippen LogP contribution in [0.15, 0.2) is 190 Å². The Morgan fingerprint density at radius 3 is 2.42 bits per heavy atom. The summed E-state index contributed by atoms with van der Waals surface area (Å²) in [6.07, 6.45) is 30.3. The van der Waals surface area contributed by atoms with E-state index in [2.05, 4.69) is 193 Å². The van der Waals surface area contributed by atoms with Gasteiger partial charge in [-0.05, 0) is 164 Å². The fourth-order valence-corrected chi connectivity index (χ4v) is 10.8. The molecule has 64 heavy (non-hydrogen) atoms. The number of thioether (sulfide) groups is 1. The molecule has 0 spiro atoms. The smallest absolute Gasteiger partial charge is 0.226 e. The van der Waals surface area contributed by atoms with Crippen LogP contribution in [0.5, 0.6) is 0 Å². The fraction of sp³-hybridized carbons (Fsp3) is 0.254. The molecule has 3 heterocycles. The van der Waals surface area contributed by atoms with Gasteiger partial charge in [-0.3, -0.25) is 4.99 Å². The van der Waals surface area contributed by atoms with Crippen LogP contribution in [0, 0.1) is 20.8 Å². The average Bonchev–Trinajstić information content (AvgIpc) is 3.87. The maximum absolute atomic E-state index is 6.24. The van der Waals surface area contributed by atoms with E-state index >= 15 is 0 Å². The number of aryl methyl sites for hydroxylation is 3. The van der Waals surface area contributed by atoms with Gasteiger partial charge in [0.15, 0.2) is 0 Å². The number of fused-ring (bicyclic) bond motifs is 1. The lowest BCUT2D eigenvalue weighted by Crippen LogP contribution is -2.53. The summed E-state index contributed by atoms with van der Waals surface area (Å²) in [5, 5.41) is 0. The van der Waals surface area contributed by atoms with E-state index in [1.807, 2.05) is 6.08 Å². The van der Waals surface area contributed by atoms with Gasteiger partial charge < -0.3 is 9.32 Å². The third-order valence-corrected chi connectivity index (χ3v) is 14.4. The van der Waals surface area contributed by atoms with Crippen LogP contribution in [-0.2, 0) is 5.41 Å². The van der Waals surface area contributed by atoms with Crippen LogP contribution in [-0.4, -0.2) is 33.9 Å². The molecule has 324 valence electrons. The summed E-state index contributed by atoms with van der Waals surface area (Å²) >= 11 is 1.78. The zero-order valence-corrected chi connectivity index (χ0v) is 39.4. The van der Waals surface area contributed by atoms with Crippen molar-refractivity contribution in [2.24, 2.45) is 4.99 Å². The monoisotopic (exact) mass is 859 g/mol. The topological polar surface area (TPSA) is 41.6 Å². The maximum atomic E-state index is 6.24. The van der Waals surface area contributed by atoms with Crippen LogP contribution in [0.1, 0.15) is 91.8 Å². The first kappa shape index (κ1) is 44.4. The third-order valence-electron chi connectivity index (χ3n) is 13.7. The molecule has 0 amide bonds. The van der Waals surface area contributed by atoms with Crippen molar-refractivity contribution in [1.29, 1.82) is 0 Å². The van der Waals surface area contributed by atoms with Crippen molar-refractivity contribution in [2.45, 2.75) is 96.0 Å². The molecule has 1 aliphatic carbocycles. The summed E-state index contributed by atoms with van der Waals surface area (Å²) in [5.74, 6) is 0.630. The molecule has 5 heteroatoms. The minimum Gasteiger partial charge on any atom is -0.445 e. The number of nitrogens with zero attached hydrogens (tertiary/aromatic N) is 3. The normalized spacial score (nSPS) is 17.5. The predicted octanol–water partition coefficient (Wildman–Crippen LogP) is 15.6. The Morgan fingerprint density at radius 1 is 0.938 bits per heavy atom. The molecule has 3 unspecified atom stereocenters. The van der Waals surface area contributed by atoms with Crippen molar-refractivity contribution in [3.8, 4) is 22.6 Å². The fourth-order valence-electron chi connectivity index (χ4n) is 10.3. The van der Waals surface area contributed by atoms with Crippen molar-refractivity contribution >= 4 is 28.7 Å². The number of oxazole rings is 1. The van der Waals surface area contributed by atoms with Crippen LogP contribution < -0.4 is 0 Å². The Hall–Kier alpha value is -6.17. The molecule has 4 aromatic carbocycles. The van der Waals surface area contributed by atoms with E-state index in [0.717, 1.165) is 76.9 Å². The highest BCUT2D eigenvalue weighted by Gasteiger charge is 2.45. The number of aliphatic imine (C=N–C) groups is 1. The van der Waals surface area contributed by atoms with Gasteiger partial charge in [0, 0.05) is 38.7 Å². The van der Waals surface area contributed by atoms with Gasteiger partial charge in [0.2, 0.25) is 5.89 Å². The van der Waals surface area contributed by atoms with E-state index in [1.165, 1.54) is 49.5 Å². The second-order valence-corrected chi connectivity index (χ2v) is 18.3. The minimum absolute atomic E-state index is 0.0321. The summed E-state index contributed by atoms with van der Waals surface area (Å²) in [5.41, 5.74) is 18.1. The summed E-state index contributed by atoms with van der Waals surface area (Å²) < 4.78 is 6.24. The number of benzene rings is 4. The molecule has 0 bridgehead atoms. The van der Waals surface area contributed by atoms with Gasteiger partial charge in [0.1, 0.15) is 6.26 Å². The van der Waals surface area contributed by atoms with E-state index in [9.17, 15) is 0 Å². The number of hydrogen-bond donors (Lipinski definition) is 0. The van der Waals surface area contributed by atoms with Gasteiger partial charge in [-0.15, -0.1) is 11.8 Å². The van der Waals surface area contributed by atoms with Crippen molar-refractivity contribution in [1.82, 2.24) is 9.88 Å². The van der Waals surface area contributed by atoms with Crippen LogP contribution in [0.4, 0.5) is 0 Å². The molecule has 8 rings (SSSR count). The van der Waals surface area contributed by atoms with E-state index < -0.39 is 0 Å². The zero-order chi connectivity index (χ0) is 45.0. The highest BCUT2D eigenvalue weighted by atomic mass is 32.2. The molecular weight excluding hydrogens is 799 g/mol. The zero-order valence-electron chi connectivity index (χ0n) is 38.6. The van der Waals surface area contributed by atoms with Gasteiger partial charge in [-0.25, -0.2) is 4.98 Å². The molecule has 0 saturated heterocycles. The van der Waals surface area contributed by atoms with Crippen molar-refractivity contribution in [3.63, 3.8) is 0 Å². The van der Waals surface area contributed by atoms with E-state index in [4.69, 9.17) is 14.4 Å². The van der Waals surface area contributed by atoms with Gasteiger partial charge in [0.05, 0.1) is 23.6 Å². The van der Waals surface area contributed by atoms with Gasteiger partial charge >= 0.3 is 0 Å². The highest BCUT2D eigenvalue weighted by Crippen LogP contribution is 2.49. The quantitative estimate of drug-likeness (QED) is 0.0777. The lowest BCUT2D eigenvalue weighted by atomic mass is 9.66. The molecule has 3 aliphatic rings. The van der Waals surface area contributed by atoms with Crippen molar-refractivity contribution in [2.75, 3.05) is 6.26 Å². The summed E-state index contributed by atoms with van der Waals surface area (Å²) in [7, 11) is 0. The number of hydrogen-bond acceptors (Lipinski definition) is 5. The van der Waals surface area contributed by atoms with Gasteiger partial charge in [-0.1, -0.05) is 118 Å². The van der Waals surface area contributed by atoms with Crippen molar-refractivity contribution < 1.29 is 4.42 Å². The van der Waals surface area contributed by atoms with Crippen LogP contribution in [0.25, 0.3) is 33.9 Å². The first-order valence-electron chi connectivity index (χ1n) is 22.8. The molecule has 0 radical (unpaired) electrons. The van der Waals surface area contributed by atoms with Crippen LogP contribution in [0.2, 0.25) is 0 Å². The minimum atomic E-state index is -0.305. The molecule has 0 fully saturated rings. The lowest BCUT2D eigenvalue weighted by molar-refractivity contribution is 0.160. The average molecular weight is 860 g/mol. The summed E-state index contributed by atoms with van der Waals surface area (Å²) in [6.45, 7) is 22.4. The molecule has 3 atom stereocenters. The molecule has 0 saturated carbocycles. The summed E-state index contributed by atoms with van der Waals surface area (Å²) in [6, 6.07) is 29.1. The number of allylic oxidation sites excluding steroid dienone is 11. The Balaban J connectivity index is 1.25. The molecule has 0 N–H and O–H groups in total. The van der Waals surface area contributed by atoms with E-state index in [-0.39, 0.29) is 17.5 Å². The largest absolute Gasteiger partial charge is 0.445 e. The molecule has 4 nitrogen and oxygen atoms in total. The standard InChI is InChI=1S/C59H61N3OS/c1-10-32-59(12-3,43(8)62-55(50-26-25-49(64-9)36-42(50)7)30-28-53-56(62)31-29-54(61-53)57-39(4)18-16-19-40(57)5)52-27-24-48(38-51(52)58-60-33-34-63-58)47-23-17-22-46(37-47)44(11-2)35-41(6)45-20-14-13-15-21-45/h11,13-14,16-20,22-31,33-38,43,56H,2,6,10,12,15,21,32H2,1,3-5,7-9H3/b44-35+. The summed E-state index contributed by atoms with van der Waals surface area (Å²) in [4.78, 5) is 14.2. The number of dihydropyridines is 1. The lowest BCUT2D eigenvalue weighted by Gasteiger charge is -2.51.